The fraction of sp³-hybridized carbons (Fsp3) is 0.0909. The fourth-order valence-electron chi connectivity index (χ4n) is 1.60. The van der Waals surface area contributed by atoms with E-state index in [1.807, 2.05) is 0 Å². The molecule has 0 atom stereocenters. The second-order valence-corrected chi connectivity index (χ2v) is 3.67. The Bertz CT molecular complexity index is 685. The van der Waals surface area contributed by atoms with Crippen LogP contribution in [0.2, 0.25) is 0 Å². The molecule has 1 aromatic heterocycles. The standard InChI is InChI=1S/C11H7F3N2O3/c12-11(13,14)6-1-2-7(9(17)18)8(5-6)16-4-3-15-10(16)19/h1-5H,(H,15,19)(H,17,18). The van der Waals surface area contributed by atoms with Gasteiger partial charge in [-0.25, -0.2) is 9.59 Å². The molecule has 0 saturated heterocycles. The number of benzene rings is 1. The fourth-order valence-corrected chi connectivity index (χ4v) is 1.60. The number of aromatic nitrogens is 2. The minimum atomic E-state index is -4.62. The third-order valence-electron chi connectivity index (χ3n) is 2.46. The van der Waals surface area contributed by atoms with Gasteiger partial charge in [0.05, 0.1) is 16.8 Å². The number of rotatable bonds is 2. The predicted molar refractivity (Wildman–Crippen MR) is 58.4 cm³/mol. The van der Waals surface area contributed by atoms with Crippen molar-refractivity contribution in [1.29, 1.82) is 0 Å². The van der Waals surface area contributed by atoms with Gasteiger partial charge in [0.15, 0.2) is 0 Å². The van der Waals surface area contributed by atoms with E-state index in [2.05, 4.69) is 4.98 Å². The van der Waals surface area contributed by atoms with Crippen molar-refractivity contribution in [2.75, 3.05) is 0 Å². The van der Waals surface area contributed by atoms with E-state index < -0.39 is 29.0 Å². The van der Waals surface area contributed by atoms with Gasteiger partial charge in [-0.3, -0.25) is 4.57 Å². The predicted octanol–water partition coefficient (Wildman–Crippen LogP) is 1.88. The number of nitrogens with one attached hydrogen (secondary N) is 1. The Hall–Kier alpha value is -2.51. The number of hydrogen-bond donors (Lipinski definition) is 2. The molecule has 1 aromatic carbocycles. The van der Waals surface area contributed by atoms with Gasteiger partial charge in [0, 0.05) is 12.4 Å². The number of carbonyl (C=O) groups is 1. The lowest BCUT2D eigenvalue weighted by Gasteiger charge is -2.11. The molecule has 100 valence electrons. The Morgan fingerprint density at radius 1 is 1.32 bits per heavy atom. The molecule has 0 aliphatic heterocycles. The van der Waals surface area contributed by atoms with Crippen molar-refractivity contribution in [3.05, 3.63) is 52.2 Å². The molecule has 0 aliphatic carbocycles. The Morgan fingerprint density at radius 3 is 2.47 bits per heavy atom. The first-order valence-corrected chi connectivity index (χ1v) is 5.01. The number of imidazole rings is 1. The summed E-state index contributed by atoms with van der Waals surface area (Å²) in [6.07, 6.45) is -2.26. The number of H-pyrrole nitrogens is 1. The largest absolute Gasteiger partial charge is 0.478 e. The summed E-state index contributed by atoms with van der Waals surface area (Å²) >= 11 is 0. The first kappa shape index (κ1) is 12.9. The van der Waals surface area contributed by atoms with Crippen molar-refractivity contribution < 1.29 is 23.1 Å². The zero-order chi connectivity index (χ0) is 14.2. The third kappa shape index (κ3) is 2.37. The molecule has 0 spiro atoms. The van der Waals surface area contributed by atoms with Crippen LogP contribution in [0.1, 0.15) is 15.9 Å². The van der Waals surface area contributed by atoms with E-state index >= 15 is 0 Å². The lowest BCUT2D eigenvalue weighted by atomic mass is 10.1. The maximum Gasteiger partial charge on any atom is 0.416 e. The Balaban J connectivity index is 2.72. The average Bonchev–Trinajstić information content (AvgIpc) is 2.73. The molecule has 0 fully saturated rings. The topological polar surface area (TPSA) is 75.1 Å². The summed E-state index contributed by atoms with van der Waals surface area (Å²) in [7, 11) is 0. The van der Waals surface area contributed by atoms with Crippen LogP contribution in [0.5, 0.6) is 0 Å². The summed E-state index contributed by atoms with van der Waals surface area (Å²) in [4.78, 5) is 24.6. The van der Waals surface area contributed by atoms with Gasteiger partial charge in [-0.1, -0.05) is 0 Å². The lowest BCUT2D eigenvalue weighted by Crippen LogP contribution is -2.18. The number of carboxylic acid groups (broad SMARTS) is 1. The van der Waals surface area contributed by atoms with Gasteiger partial charge >= 0.3 is 17.8 Å². The van der Waals surface area contributed by atoms with Gasteiger partial charge in [-0.2, -0.15) is 13.2 Å². The van der Waals surface area contributed by atoms with Crippen LogP contribution in [-0.2, 0) is 6.18 Å². The second kappa shape index (κ2) is 4.30. The minimum Gasteiger partial charge on any atom is -0.478 e. The van der Waals surface area contributed by atoms with Crippen LogP contribution in [0, 0.1) is 0 Å². The van der Waals surface area contributed by atoms with Gasteiger partial charge in [0.1, 0.15) is 0 Å². The van der Waals surface area contributed by atoms with Gasteiger partial charge in [-0.05, 0) is 18.2 Å². The van der Waals surface area contributed by atoms with Crippen molar-refractivity contribution in [3.8, 4) is 5.69 Å². The minimum absolute atomic E-state index is 0.339. The molecule has 19 heavy (non-hydrogen) atoms. The summed E-state index contributed by atoms with van der Waals surface area (Å²) in [5.41, 5.74) is -2.48. The van der Waals surface area contributed by atoms with Gasteiger partial charge in [-0.15, -0.1) is 0 Å². The number of carboxylic acids is 1. The molecule has 2 N–H and O–H groups in total. The second-order valence-electron chi connectivity index (χ2n) is 3.67. The van der Waals surface area contributed by atoms with E-state index in [0.717, 1.165) is 16.8 Å². The summed E-state index contributed by atoms with van der Waals surface area (Å²) in [5.74, 6) is -1.42. The van der Waals surface area contributed by atoms with Crippen LogP contribution in [0.15, 0.2) is 35.4 Å². The Kier molecular flexibility index (Phi) is 2.93. The van der Waals surface area contributed by atoms with Crippen LogP contribution >= 0.6 is 0 Å². The zero-order valence-corrected chi connectivity index (χ0v) is 9.23. The zero-order valence-electron chi connectivity index (χ0n) is 9.23. The molecule has 0 amide bonds. The van der Waals surface area contributed by atoms with Gasteiger partial charge < -0.3 is 10.1 Å². The van der Waals surface area contributed by atoms with Crippen LogP contribution in [0.4, 0.5) is 13.2 Å². The molecule has 2 rings (SSSR count). The summed E-state index contributed by atoms with van der Waals surface area (Å²) in [5, 5.41) is 8.94. The molecular formula is C11H7F3N2O3. The molecule has 2 aromatic rings. The van der Waals surface area contributed by atoms with Crippen molar-refractivity contribution in [3.63, 3.8) is 0 Å². The number of hydrogen-bond acceptors (Lipinski definition) is 2. The van der Waals surface area contributed by atoms with Crippen molar-refractivity contribution in [2.24, 2.45) is 0 Å². The van der Waals surface area contributed by atoms with Crippen molar-refractivity contribution in [2.45, 2.75) is 6.18 Å². The van der Waals surface area contributed by atoms with E-state index in [-0.39, 0.29) is 5.69 Å². The van der Waals surface area contributed by atoms with Gasteiger partial charge in [0.2, 0.25) is 0 Å². The van der Waals surface area contributed by atoms with E-state index in [9.17, 15) is 22.8 Å². The van der Waals surface area contributed by atoms with Crippen molar-refractivity contribution in [1.82, 2.24) is 9.55 Å². The van der Waals surface area contributed by atoms with Crippen molar-refractivity contribution >= 4 is 5.97 Å². The highest BCUT2D eigenvalue weighted by Crippen LogP contribution is 2.31. The molecule has 0 radical (unpaired) electrons. The first-order valence-electron chi connectivity index (χ1n) is 5.01. The molecule has 0 aliphatic rings. The monoisotopic (exact) mass is 272 g/mol. The Morgan fingerprint density at radius 2 is 2.00 bits per heavy atom. The van der Waals surface area contributed by atoms with Crippen LogP contribution in [0.3, 0.4) is 0 Å². The highest BCUT2D eigenvalue weighted by atomic mass is 19.4. The number of aromatic carboxylic acids is 1. The first-order chi connectivity index (χ1) is 8.80. The van der Waals surface area contributed by atoms with E-state index in [4.69, 9.17) is 5.11 Å². The maximum atomic E-state index is 12.6. The Labute approximate surface area is 103 Å². The highest BCUT2D eigenvalue weighted by Gasteiger charge is 2.32. The third-order valence-corrected chi connectivity index (χ3v) is 2.46. The SMILES string of the molecule is O=C(O)c1ccc(C(F)(F)F)cc1-n1cc[nH]c1=O. The summed E-state index contributed by atoms with van der Waals surface area (Å²) < 4.78 is 38.6. The van der Waals surface area contributed by atoms with Crippen LogP contribution < -0.4 is 5.69 Å². The normalized spacial score (nSPS) is 11.5. The average molecular weight is 272 g/mol. The van der Waals surface area contributed by atoms with Crippen LogP contribution in [-0.4, -0.2) is 20.6 Å². The number of nitrogens with zero attached hydrogens (tertiary/aromatic N) is 1. The molecule has 5 nitrogen and oxygen atoms in total. The molecular weight excluding hydrogens is 265 g/mol. The molecule has 0 unspecified atom stereocenters. The highest BCUT2D eigenvalue weighted by molar-refractivity contribution is 5.92. The smallest absolute Gasteiger partial charge is 0.416 e. The van der Waals surface area contributed by atoms with E-state index in [0.29, 0.717) is 12.1 Å². The number of alkyl halides is 3. The molecule has 0 bridgehead atoms. The molecule has 1 heterocycles. The van der Waals surface area contributed by atoms with Crippen LogP contribution in [0.25, 0.3) is 5.69 Å². The summed E-state index contributed by atoms with van der Waals surface area (Å²) in [6.45, 7) is 0. The summed E-state index contributed by atoms with van der Waals surface area (Å²) in [6, 6.07) is 2.10. The van der Waals surface area contributed by atoms with E-state index in [1.165, 1.54) is 6.20 Å². The van der Waals surface area contributed by atoms with Gasteiger partial charge in [0.25, 0.3) is 0 Å². The molecule has 8 heteroatoms. The quantitative estimate of drug-likeness (QED) is 0.876. The number of halogens is 3. The maximum absolute atomic E-state index is 12.6. The van der Waals surface area contributed by atoms with E-state index in [1.54, 1.807) is 0 Å². The number of aromatic amines is 1. The lowest BCUT2D eigenvalue weighted by molar-refractivity contribution is -0.137. The molecule has 0 saturated carbocycles.